The molecule has 1 aliphatic rings. The second-order valence-electron chi connectivity index (χ2n) is 6.76. The van der Waals surface area contributed by atoms with E-state index in [0.717, 1.165) is 19.5 Å². The van der Waals surface area contributed by atoms with Gasteiger partial charge in [0.05, 0.1) is 12.7 Å². The highest BCUT2D eigenvalue weighted by Gasteiger charge is 2.25. The summed E-state index contributed by atoms with van der Waals surface area (Å²) in [6, 6.07) is 10.3. The number of aromatic nitrogens is 1. The zero-order valence-corrected chi connectivity index (χ0v) is 15.5. The van der Waals surface area contributed by atoms with Crippen molar-refractivity contribution >= 4 is 17.6 Å². The summed E-state index contributed by atoms with van der Waals surface area (Å²) < 4.78 is 4.79. The number of nitrogens with one attached hydrogen (secondary N) is 2. The van der Waals surface area contributed by atoms with Crippen molar-refractivity contribution in [3.05, 3.63) is 52.8 Å². The fourth-order valence-electron chi connectivity index (χ4n) is 3.58. The summed E-state index contributed by atoms with van der Waals surface area (Å²) in [7, 11) is 1.34. The number of H-pyrrole nitrogens is 1. The van der Waals surface area contributed by atoms with Crippen LogP contribution in [0.4, 0.5) is 5.69 Å². The number of aryl methyl sites for hydroxylation is 1. The number of nitrogens with zero attached hydrogens (tertiary/aromatic N) is 1. The maximum Gasteiger partial charge on any atom is 0.339 e. The summed E-state index contributed by atoms with van der Waals surface area (Å²) in [6.07, 6.45) is 1.05. The molecule has 1 amide bonds. The van der Waals surface area contributed by atoms with Gasteiger partial charge in [-0.15, -0.1) is 0 Å². The van der Waals surface area contributed by atoms with E-state index in [1.54, 1.807) is 13.8 Å². The van der Waals surface area contributed by atoms with E-state index in [2.05, 4.69) is 27.3 Å². The van der Waals surface area contributed by atoms with Crippen LogP contribution < -0.4 is 10.2 Å². The predicted octanol–water partition coefficient (Wildman–Crippen LogP) is 2.67. The smallest absolute Gasteiger partial charge is 0.339 e. The van der Waals surface area contributed by atoms with Crippen LogP contribution in [-0.2, 0) is 4.74 Å². The second-order valence-corrected chi connectivity index (χ2v) is 6.76. The molecule has 0 aliphatic carbocycles. The predicted molar refractivity (Wildman–Crippen MR) is 101 cm³/mol. The summed E-state index contributed by atoms with van der Waals surface area (Å²) in [6.45, 7) is 6.08. The van der Waals surface area contributed by atoms with Crippen molar-refractivity contribution in [2.45, 2.75) is 20.3 Å². The van der Waals surface area contributed by atoms with Crippen LogP contribution >= 0.6 is 0 Å². The summed E-state index contributed by atoms with van der Waals surface area (Å²) in [5, 5.41) is 3.00. The molecular weight excluding hydrogens is 330 g/mol. The number of esters is 1. The van der Waals surface area contributed by atoms with E-state index in [1.165, 1.54) is 12.8 Å². The number of aromatic amines is 1. The van der Waals surface area contributed by atoms with Crippen LogP contribution in [0.3, 0.4) is 0 Å². The van der Waals surface area contributed by atoms with Crippen LogP contribution in [0.25, 0.3) is 0 Å². The number of amides is 1. The molecule has 1 aromatic heterocycles. The van der Waals surface area contributed by atoms with Gasteiger partial charge in [0.25, 0.3) is 5.91 Å². The molecule has 138 valence electrons. The Bertz CT molecular complexity index is 798. The third-order valence-electron chi connectivity index (χ3n) is 5.01. The Morgan fingerprint density at radius 2 is 2.00 bits per heavy atom. The first kappa shape index (κ1) is 18.0. The number of carbonyl (C=O) groups excluding carboxylic acids is 2. The number of anilines is 1. The van der Waals surface area contributed by atoms with Gasteiger partial charge in [-0.05, 0) is 43.9 Å². The van der Waals surface area contributed by atoms with Crippen LogP contribution in [0.2, 0.25) is 0 Å². The Hall–Kier alpha value is -2.76. The summed E-state index contributed by atoms with van der Waals surface area (Å²) in [5.74, 6) is -0.195. The normalized spacial score (nSPS) is 16.6. The molecule has 26 heavy (non-hydrogen) atoms. The maximum absolute atomic E-state index is 12.5. The standard InChI is InChI=1S/C20H25N3O3/c1-13-17(20(25)26-3)14(2)22-18(13)19(24)21-11-15-9-10-23(12-15)16-7-5-4-6-8-16/h4-8,15,22H,9-12H2,1-3H3,(H,21,24)/t15-/m0/s1. The third-order valence-corrected chi connectivity index (χ3v) is 5.01. The second kappa shape index (κ2) is 7.64. The van der Waals surface area contributed by atoms with E-state index < -0.39 is 5.97 Å². The molecule has 6 nitrogen and oxygen atoms in total. The molecule has 1 saturated heterocycles. The maximum atomic E-state index is 12.5. The lowest BCUT2D eigenvalue weighted by Gasteiger charge is -2.18. The molecule has 2 aromatic rings. The first-order valence-electron chi connectivity index (χ1n) is 8.87. The summed E-state index contributed by atoms with van der Waals surface area (Å²) in [4.78, 5) is 29.7. The molecule has 2 heterocycles. The molecule has 3 rings (SSSR count). The molecule has 0 unspecified atom stereocenters. The third kappa shape index (κ3) is 3.59. The number of hydrogen-bond acceptors (Lipinski definition) is 4. The van der Waals surface area contributed by atoms with Crippen molar-refractivity contribution in [3.8, 4) is 0 Å². The van der Waals surface area contributed by atoms with Crippen molar-refractivity contribution in [1.82, 2.24) is 10.3 Å². The van der Waals surface area contributed by atoms with Crippen LogP contribution in [0.15, 0.2) is 30.3 Å². The lowest BCUT2D eigenvalue weighted by molar-refractivity contribution is 0.0599. The first-order valence-corrected chi connectivity index (χ1v) is 8.87. The van der Waals surface area contributed by atoms with E-state index in [-0.39, 0.29) is 5.91 Å². The molecule has 0 bridgehead atoms. The Kier molecular flexibility index (Phi) is 5.30. The number of methoxy groups -OCH3 is 1. The van der Waals surface area contributed by atoms with Gasteiger partial charge in [0.1, 0.15) is 5.69 Å². The van der Waals surface area contributed by atoms with Gasteiger partial charge in [-0.25, -0.2) is 4.79 Å². The molecule has 0 saturated carbocycles. The van der Waals surface area contributed by atoms with E-state index in [4.69, 9.17) is 4.74 Å². The Balaban J connectivity index is 1.59. The van der Waals surface area contributed by atoms with E-state index >= 15 is 0 Å². The van der Waals surface area contributed by atoms with Crippen molar-refractivity contribution in [2.24, 2.45) is 5.92 Å². The molecule has 0 radical (unpaired) electrons. The minimum absolute atomic E-state index is 0.182. The zero-order valence-electron chi connectivity index (χ0n) is 15.5. The highest BCUT2D eigenvalue weighted by molar-refractivity contribution is 6.00. The summed E-state index contributed by atoms with van der Waals surface area (Å²) in [5.41, 5.74) is 3.37. The molecule has 0 spiro atoms. The van der Waals surface area contributed by atoms with Crippen molar-refractivity contribution in [1.29, 1.82) is 0 Å². The van der Waals surface area contributed by atoms with Gasteiger partial charge in [0, 0.05) is 31.0 Å². The van der Waals surface area contributed by atoms with Crippen LogP contribution in [-0.4, -0.2) is 43.6 Å². The van der Waals surface area contributed by atoms with Crippen LogP contribution in [0.5, 0.6) is 0 Å². The number of benzene rings is 1. The van der Waals surface area contributed by atoms with Crippen molar-refractivity contribution < 1.29 is 14.3 Å². The van der Waals surface area contributed by atoms with Crippen molar-refractivity contribution in [2.75, 3.05) is 31.6 Å². The minimum atomic E-state index is -0.426. The van der Waals surface area contributed by atoms with E-state index in [9.17, 15) is 9.59 Å². The quantitative estimate of drug-likeness (QED) is 0.809. The lowest BCUT2D eigenvalue weighted by Crippen LogP contribution is -2.31. The van der Waals surface area contributed by atoms with Gasteiger partial charge in [0.15, 0.2) is 0 Å². The van der Waals surface area contributed by atoms with E-state index in [0.29, 0.717) is 35.0 Å². The van der Waals surface area contributed by atoms with E-state index in [1.807, 2.05) is 18.2 Å². The summed E-state index contributed by atoms with van der Waals surface area (Å²) >= 11 is 0. The van der Waals surface area contributed by atoms with Crippen LogP contribution in [0, 0.1) is 19.8 Å². The number of carbonyl (C=O) groups is 2. The van der Waals surface area contributed by atoms with Gasteiger partial charge >= 0.3 is 5.97 Å². The van der Waals surface area contributed by atoms with Gasteiger partial charge in [-0.3, -0.25) is 4.79 Å². The Labute approximate surface area is 153 Å². The topological polar surface area (TPSA) is 74.4 Å². The average Bonchev–Trinajstić information content (AvgIpc) is 3.24. The highest BCUT2D eigenvalue weighted by atomic mass is 16.5. The molecule has 1 atom stereocenters. The Morgan fingerprint density at radius 1 is 1.27 bits per heavy atom. The number of ether oxygens (including phenoxy) is 1. The number of hydrogen-bond donors (Lipinski definition) is 2. The van der Waals surface area contributed by atoms with Gasteiger partial charge in [0.2, 0.25) is 0 Å². The SMILES string of the molecule is COC(=O)c1c(C)[nH]c(C(=O)NC[C@@H]2CCN(c3ccccc3)C2)c1C. The van der Waals surface area contributed by atoms with Gasteiger partial charge in [-0.1, -0.05) is 18.2 Å². The van der Waals surface area contributed by atoms with Crippen LogP contribution in [0.1, 0.15) is 38.5 Å². The number of para-hydroxylation sites is 1. The highest BCUT2D eigenvalue weighted by Crippen LogP contribution is 2.23. The fourth-order valence-corrected chi connectivity index (χ4v) is 3.58. The zero-order chi connectivity index (χ0) is 18.7. The first-order chi connectivity index (χ1) is 12.5. The van der Waals surface area contributed by atoms with Gasteiger partial charge in [-0.2, -0.15) is 0 Å². The molecule has 2 N–H and O–H groups in total. The molecule has 1 fully saturated rings. The monoisotopic (exact) mass is 355 g/mol. The lowest BCUT2D eigenvalue weighted by atomic mass is 10.1. The van der Waals surface area contributed by atoms with Crippen molar-refractivity contribution in [3.63, 3.8) is 0 Å². The van der Waals surface area contributed by atoms with Gasteiger partial charge < -0.3 is 19.9 Å². The largest absolute Gasteiger partial charge is 0.465 e. The molecular formula is C20H25N3O3. The molecule has 6 heteroatoms. The number of rotatable bonds is 5. The minimum Gasteiger partial charge on any atom is -0.465 e. The molecule has 1 aromatic carbocycles. The Morgan fingerprint density at radius 3 is 2.69 bits per heavy atom. The fraction of sp³-hybridized carbons (Fsp3) is 0.400. The molecule has 1 aliphatic heterocycles. The average molecular weight is 355 g/mol.